The number of benzene rings is 1. The van der Waals surface area contributed by atoms with Crippen molar-refractivity contribution in [2.45, 2.75) is 6.18 Å². The van der Waals surface area contributed by atoms with E-state index < -0.39 is 17.6 Å². The molecule has 8 heteroatoms. The van der Waals surface area contributed by atoms with Gasteiger partial charge in [0.25, 0.3) is 5.91 Å². The summed E-state index contributed by atoms with van der Waals surface area (Å²) in [4.78, 5) is 11.0. The SMILES string of the molecule is NC(=O)c1nn(-c2ccc(C(F)(F)F)cc2)cc1N. The number of nitrogens with zero attached hydrogens (tertiary/aromatic N) is 2. The fraction of sp³-hybridized carbons (Fsp3) is 0.0909. The number of aromatic nitrogens is 2. The van der Waals surface area contributed by atoms with Crippen LogP contribution in [0.5, 0.6) is 0 Å². The van der Waals surface area contributed by atoms with Gasteiger partial charge in [0.1, 0.15) is 0 Å². The van der Waals surface area contributed by atoms with Gasteiger partial charge < -0.3 is 11.5 Å². The highest BCUT2D eigenvalue weighted by Crippen LogP contribution is 2.29. The Morgan fingerprint density at radius 2 is 1.79 bits per heavy atom. The van der Waals surface area contributed by atoms with Gasteiger partial charge in [0.05, 0.1) is 23.1 Å². The molecule has 0 radical (unpaired) electrons. The molecular weight excluding hydrogens is 261 g/mol. The van der Waals surface area contributed by atoms with Gasteiger partial charge in [-0.1, -0.05) is 0 Å². The maximum absolute atomic E-state index is 12.4. The first-order chi connectivity index (χ1) is 8.79. The van der Waals surface area contributed by atoms with Crippen LogP contribution < -0.4 is 11.5 Å². The van der Waals surface area contributed by atoms with Crippen LogP contribution in [0.15, 0.2) is 30.5 Å². The number of carbonyl (C=O) groups excluding carboxylic acids is 1. The molecule has 4 N–H and O–H groups in total. The molecule has 100 valence electrons. The Balaban J connectivity index is 2.38. The van der Waals surface area contributed by atoms with Gasteiger partial charge in [0.15, 0.2) is 5.69 Å². The number of primary amides is 1. The van der Waals surface area contributed by atoms with E-state index in [0.717, 1.165) is 12.1 Å². The number of nitrogens with two attached hydrogens (primary N) is 2. The minimum atomic E-state index is -4.40. The Bertz CT molecular complexity index is 616. The van der Waals surface area contributed by atoms with Crippen molar-refractivity contribution in [2.24, 2.45) is 5.73 Å². The highest BCUT2D eigenvalue weighted by molar-refractivity contribution is 5.95. The number of rotatable bonds is 2. The van der Waals surface area contributed by atoms with Crippen LogP contribution in [0.3, 0.4) is 0 Å². The highest BCUT2D eigenvalue weighted by atomic mass is 19.4. The minimum absolute atomic E-state index is 0.0624. The Hall–Kier alpha value is -2.51. The maximum atomic E-state index is 12.4. The molecule has 0 saturated carbocycles. The minimum Gasteiger partial charge on any atom is -0.396 e. The Kier molecular flexibility index (Phi) is 2.93. The van der Waals surface area contributed by atoms with Gasteiger partial charge in [-0.05, 0) is 24.3 Å². The van der Waals surface area contributed by atoms with Gasteiger partial charge in [-0.25, -0.2) is 4.68 Å². The third-order valence-corrected chi connectivity index (χ3v) is 2.44. The second-order valence-electron chi connectivity index (χ2n) is 3.79. The van der Waals surface area contributed by atoms with Crippen LogP contribution in [0.25, 0.3) is 5.69 Å². The van der Waals surface area contributed by atoms with Crippen molar-refractivity contribution in [3.05, 3.63) is 41.7 Å². The topological polar surface area (TPSA) is 86.9 Å². The van der Waals surface area contributed by atoms with Crippen LogP contribution in [0.4, 0.5) is 18.9 Å². The van der Waals surface area contributed by atoms with Gasteiger partial charge in [-0.2, -0.15) is 18.3 Å². The Morgan fingerprint density at radius 1 is 1.21 bits per heavy atom. The Labute approximate surface area is 105 Å². The van der Waals surface area contributed by atoms with E-state index in [0.29, 0.717) is 5.69 Å². The summed E-state index contributed by atoms with van der Waals surface area (Å²) in [6, 6.07) is 4.27. The molecular formula is C11H9F3N4O. The molecule has 0 aliphatic carbocycles. The zero-order chi connectivity index (χ0) is 14.2. The van der Waals surface area contributed by atoms with E-state index in [1.165, 1.54) is 23.0 Å². The summed E-state index contributed by atoms with van der Waals surface area (Å²) in [6.45, 7) is 0. The lowest BCUT2D eigenvalue weighted by Gasteiger charge is -2.07. The molecule has 5 nitrogen and oxygen atoms in total. The standard InChI is InChI=1S/C11H9F3N4O/c12-11(13,14)6-1-3-7(4-2-6)18-5-8(15)9(17-18)10(16)19/h1-5H,15H2,(H2,16,19). The van der Waals surface area contributed by atoms with Gasteiger partial charge in [0, 0.05) is 0 Å². The molecule has 0 saturated heterocycles. The van der Waals surface area contributed by atoms with Crippen molar-refractivity contribution in [1.29, 1.82) is 0 Å². The molecule has 0 atom stereocenters. The molecule has 1 aromatic carbocycles. The summed E-state index contributed by atoms with van der Waals surface area (Å²) in [6.07, 6.45) is -3.09. The van der Waals surface area contributed by atoms with Gasteiger partial charge in [-0.3, -0.25) is 4.79 Å². The van der Waals surface area contributed by atoms with E-state index in [9.17, 15) is 18.0 Å². The smallest absolute Gasteiger partial charge is 0.396 e. The fourth-order valence-electron chi connectivity index (χ4n) is 1.51. The summed E-state index contributed by atoms with van der Waals surface area (Å²) in [5.74, 6) is -0.803. The number of amides is 1. The summed E-state index contributed by atoms with van der Waals surface area (Å²) in [5, 5.41) is 3.81. The van der Waals surface area contributed by atoms with E-state index in [1.807, 2.05) is 0 Å². The van der Waals surface area contributed by atoms with Gasteiger partial charge >= 0.3 is 6.18 Å². The molecule has 1 amide bonds. The molecule has 1 heterocycles. The lowest BCUT2D eigenvalue weighted by atomic mass is 10.2. The first-order valence-corrected chi connectivity index (χ1v) is 5.11. The van der Waals surface area contributed by atoms with Crippen LogP contribution in [0.1, 0.15) is 16.1 Å². The quantitative estimate of drug-likeness (QED) is 0.868. The van der Waals surface area contributed by atoms with Crippen molar-refractivity contribution in [2.75, 3.05) is 5.73 Å². The number of nitrogen functional groups attached to an aromatic ring is 1. The van der Waals surface area contributed by atoms with E-state index in [1.54, 1.807) is 0 Å². The van der Waals surface area contributed by atoms with E-state index >= 15 is 0 Å². The zero-order valence-corrected chi connectivity index (χ0v) is 9.48. The predicted molar refractivity (Wildman–Crippen MR) is 61.5 cm³/mol. The molecule has 0 aliphatic rings. The molecule has 0 unspecified atom stereocenters. The molecule has 0 bridgehead atoms. The normalized spacial score (nSPS) is 11.5. The number of alkyl halides is 3. The molecule has 1 aromatic heterocycles. The summed E-state index contributed by atoms with van der Waals surface area (Å²) in [7, 11) is 0. The first-order valence-electron chi connectivity index (χ1n) is 5.11. The molecule has 0 aliphatic heterocycles. The number of carbonyl (C=O) groups is 1. The lowest BCUT2D eigenvalue weighted by molar-refractivity contribution is -0.137. The monoisotopic (exact) mass is 270 g/mol. The van der Waals surface area contributed by atoms with Crippen LogP contribution in [0.2, 0.25) is 0 Å². The third kappa shape index (κ3) is 2.51. The third-order valence-electron chi connectivity index (χ3n) is 2.44. The average molecular weight is 270 g/mol. The van der Waals surface area contributed by atoms with Crippen molar-refractivity contribution in [3.8, 4) is 5.69 Å². The molecule has 19 heavy (non-hydrogen) atoms. The Morgan fingerprint density at radius 3 is 2.21 bits per heavy atom. The maximum Gasteiger partial charge on any atom is 0.416 e. The lowest BCUT2D eigenvalue weighted by Crippen LogP contribution is -2.14. The van der Waals surface area contributed by atoms with Crippen molar-refractivity contribution in [1.82, 2.24) is 9.78 Å². The largest absolute Gasteiger partial charge is 0.416 e. The molecule has 0 spiro atoms. The van der Waals surface area contributed by atoms with Crippen LogP contribution in [-0.2, 0) is 6.18 Å². The summed E-state index contributed by atoms with van der Waals surface area (Å²) < 4.78 is 38.4. The van der Waals surface area contributed by atoms with Gasteiger partial charge in [0.2, 0.25) is 0 Å². The van der Waals surface area contributed by atoms with E-state index in [4.69, 9.17) is 11.5 Å². The second kappa shape index (κ2) is 4.30. The zero-order valence-electron chi connectivity index (χ0n) is 9.48. The highest BCUT2D eigenvalue weighted by Gasteiger charge is 2.30. The number of hydrogen-bond donors (Lipinski definition) is 2. The van der Waals surface area contributed by atoms with Gasteiger partial charge in [-0.15, -0.1) is 0 Å². The summed E-state index contributed by atoms with van der Waals surface area (Å²) >= 11 is 0. The average Bonchev–Trinajstić information content (AvgIpc) is 2.70. The van der Waals surface area contributed by atoms with E-state index in [2.05, 4.69) is 5.10 Å². The van der Waals surface area contributed by atoms with Crippen molar-refractivity contribution in [3.63, 3.8) is 0 Å². The predicted octanol–water partition coefficient (Wildman–Crippen LogP) is 1.57. The summed E-state index contributed by atoms with van der Waals surface area (Å²) in [5.41, 5.74) is 10.1. The van der Waals surface area contributed by atoms with E-state index in [-0.39, 0.29) is 11.4 Å². The van der Waals surface area contributed by atoms with Crippen LogP contribution >= 0.6 is 0 Å². The molecule has 0 fully saturated rings. The molecule has 2 aromatic rings. The second-order valence-corrected chi connectivity index (χ2v) is 3.79. The van der Waals surface area contributed by atoms with Crippen molar-refractivity contribution >= 4 is 11.6 Å². The number of anilines is 1. The van der Waals surface area contributed by atoms with Crippen LogP contribution in [0, 0.1) is 0 Å². The van der Waals surface area contributed by atoms with Crippen molar-refractivity contribution < 1.29 is 18.0 Å². The fourth-order valence-corrected chi connectivity index (χ4v) is 1.51. The molecule has 2 rings (SSSR count). The first kappa shape index (κ1) is 12.9. The van der Waals surface area contributed by atoms with Crippen LogP contribution in [-0.4, -0.2) is 15.7 Å². The number of hydrogen-bond acceptors (Lipinski definition) is 3. The number of halogens is 3.